The third-order valence-electron chi connectivity index (χ3n) is 4.52. The number of nitrogens with one attached hydrogen (secondary N) is 1. The third-order valence-corrected chi connectivity index (χ3v) is 6.46. The van der Waals surface area contributed by atoms with Crippen LogP contribution >= 0.6 is 23.1 Å². The molecule has 0 saturated carbocycles. The van der Waals surface area contributed by atoms with Crippen molar-refractivity contribution in [1.29, 1.82) is 0 Å². The van der Waals surface area contributed by atoms with Gasteiger partial charge in [0.2, 0.25) is 0 Å². The molecule has 27 heavy (non-hydrogen) atoms. The third kappa shape index (κ3) is 3.13. The molecule has 1 aliphatic carbocycles. The van der Waals surface area contributed by atoms with Gasteiger partial charge in [-0.05, 0) is 48.8 Å². The number of nitro groups is 1. The molecule has 0 bridgehead atoms. The number of nitro benzene ring substituents is 1. The van der Waals surface area contributed by atoms with E-state index in [9.17, 15) is 20.0 Å². The van der Waals surface area contributed by atoms with Crippen LogP contribution in [-0.2, 0) is 12.8 Å². The lowest BCUT2D eigenvalue weighted by Gasteiger charge is -2.05. The molecule has 0 radical (unpaired) electrons. The predicted molar refractivity (Wildman–Crippen MR) is 108 cm³/mol. The van der Waals surface area contributed by atoms with E-state index >= 15 is 0 Å². The molecule has 2 aromatic heterocycles. The lowest BCUT2D eigenvalue weighted by atomic mass is 10.1. The Kier molecular flexibility index (Phi) is 4.48. The summed E-state index contributed by atoms with van der Waals surface area (Å²) < 4.78 is 0. The molecule has 138 valence electrons. The minimum atomic E-state index is -0.634. The molecule has 4 rings (SSSR count). The molecule has 9 heteroatoms. The average molecular weight is 401 g/mol. The number of hydrogen-bond acceptors (Lipinski definition) is 7. The number of aromatic nitrogens is 2. The Hall–Kier alpha value is -2.65. The number of thiophene rings is 1. The number of aryl methyl sites for hydroxylation is 2. The first kappa shape index (κ1) is 17.7. The van der Waals surface area contributed by atoms with Crippen LogP contribution in [0, 0.1) is 10.1 Å². The molecular formula is C18H15N3O4S2. The van der Waals surface area contributed by atoms with Crippen molar-refractivity contribution in [2.75, 3.05) is 6.26 Å². The smallest absolute Gasteiger partial charge is 0.311 e. The maximum atomic E-state index is 12.6. The fourth-order valence-corrected chi connectivity index (χ4v) is 5.08. The van der Waals surface area contributed by atoms with Crippen LogP contribution < -0.4 is 5.56 Å². The molecule has 1 aromatic carbocycles. The number of thioether (sulfide) groups is 1. The van der Waals surface area contributed by atoms with Crippen LogP contribution in [0.25, 0.3) is 21.2 Å². The van der Waals surface area contributed by atoms with Crippen molar-refractivity contribution in [3.63, 3.8) is 0 Å². The zero-order chi connectivity index (χ0) is 19.1. The van der Waals surface area contributed by atoms with Gasteiger partial charge >= 0.3 is 5.69 Å². The number of hydrogen-bond donors (Lipinski definition) is 2. The summed E-state index contributed by atoms with van der Waals surface area (Å²) in [5.41, 5.74) is 1.15. The molecule has 0 unspecified atom stereocenters. The Bertz CT molecular complexity index is 1160. The van der Waals surface area contributed by atoms with Gasteiger partial charge in [-0.25, -0.2) is 4.98 Å². The fraction of sp³-hybridized carbons (Fsp3) is 0.222. The summed E-state index contributed by atoms with van der Waals surface area (Å²) in [6.45, 7) is 0. The van der Waals surface area contributed by atoms with E-state index < -0.39 is 4.92 Å². The maximum absolute atomic E-state index is 12.6. The molecule has 0 spiro atoms. The number of nitrogens with zero attached hydrogens (tertiary/aromatic N) is 2. The fourth-order valence-electron chi connectivity index (χ4n) is 3.27. The van der Waals surface area contributed by atoms with Crippen molar-refractivity contribution in [3.8, 4) is 5.75 Å². The van der Waals surface area contributed by atoms with Gasteiger partial charge in [0.1, 0.15) is 10.7 Å². The summed E-state index contributed by atoms with van der Waals surface area (Å²) in [4.78, 5) is 33.2. The first-order valence-corrected chi connectivity index (χ1v) is 10.3. The quantitative estimate of drug-likeness (QED) is 0.506. The number of rotatable bonds is 4. The van der Waals surface area contributed by atoms with Crippen LogP contribution in [0.2, 0.25) is 0 Å². The second-order valence-corrected chi connectivity index (χ2v) is 8.10. The van der Waals surface area contributed by atoms with E-state index in [-0.39, 0.29) is 17.0 Å². The summed E-state index contributed by atoms with van der Waals surface area (Å²) >= 11 is 2.95. The highest BCUT2D eigenvalue weighted by atomic mass is 32.2. The van der Waals surface area contributed by atoms with Crippen LogP contribution in [-0.4, -0.2) is 26.3 Å². The van der Waals surface area contributed by atoms with Crippen LogP contribution in [0.5, 0.6) is 5.75 Å². The molecule has 0 saturated heterocycles. The Balaban J connectivity index is 1.81. The molecule has 7 nitrogen and oxygen atoms in total. The molecule has 0 fully saturated rings. The second kappa shape index (κ2) is 6.82. The number of phenols is 1. The molecule has 2 heterocycles. The van der Waals surface area contributed by atoms with Crippen molar-refractivity contribution in [3.05, 3.63) is 60.5 Å². The molecule has 0 atom stereocenters. The van der Waals surface area contributed by atoms with Gasteiger partial charge in [-0.2, -0.15) is 0 Å². The molecule has 0 amide bonds. The van der Waals surface area contributed by atoms with Crippen LogP contribution in [0.1, 0.15) is 28.2 Å². The minimum absolute atomic E-state index is 0.147. The summed E-state index contributed by atoms with van der Waals surface area (Å²) in [7, 11) is 0. The molecule has 0 aliphatic heterocycles. The topological polar surface area (TPSA) is 109 Å². The maximum Gasteiger partial charge on any atom is 0.311 e. The monoisotopic (exact) mass is 401 g/mol. The summed E-state index contributed by atoms with van der Waals surface area (Å²) in [5.74, 6) is 0.0551. The van der Waals surface area contributed by atoms with E-state index in [1.54, 1.807) is 23.5 Å². The number of aromatic hydroxyl groups is 1. The van der Waals surface area contributed by atoms with Gasteiger partial charge in [0, 0.05) is 10.9 Å². The number of H-pyrrole nitrogens is 1. The zero-order valence-corrected chi connectivity index (χ0v) is 15.9. The number of aromatic amines is 1. The van der Waals surface area contributed by atoms with Gasteiger partial charge in [0.15, 0.2) is 5.75 Å². The van der Waals surface area contributed by atoms with Gasteiger partial charge in [-0.3, -0.25) is 14.9 Å². The first-order valence-electron chi connectivity index (χ1n) is 8.26. The van der Waals surface area contributed by atoms with Gasteiger partial charge in [0.05, 0.1) is 15.2 Å². The van der Waals surface area contributed by atoms with E-state index in [1.807, 2.05) is 6.26 Å². The first-order chi connectivity index (χ1) is 13.0. The van der Waals surface area contributed by atoms with E-state index in [1.165, 1.54) is 28.8 Å². The van der Waals surface area contributed by atoms with Crippen molar-refractivity contribution in [1.82, 2.24) is 9.97 Å². The summed E-state index contributed by atoms with van der Waals surface area (Å²) in [5, 5.41) is 21.3. The molecule has 3 aromatic rings. The van der Waals surface area contributed by atoms with Crippen molar-refractivity contribution in [2.45, 2.75) is 19.3 Å². The summed E-state index contributed by atoms with van der Waals surface area (Å²) in [6, 6.07) is 4.15. The lowest BCUT2D eigenvalue weighted by molar-refractivity contribution is -0.385. The van der Waals surface area contributed by atoms with Crippen molar-refractivity contribution in [2.24, 2.45) is 0 Å². The van der Waals surface area contributed by atoms with Gasteiger partial charge in [-0.15, -0.1) is 23.1 Å². The van der Waals surface area contributed by atoms with Gasteiger partial charge in [-0.1, -0.05) is 6.07 Å². The standard InChI is InChI=1S/C18H15N3O4S2/c1-26-14(8-9-5-6-12(22)11(7-9)21(24)25)16-19-17(23)15-10-3-2-4-13(10)27-18(15)20-16/h5-8,22H,2-4H2,1H3,(H,19,20,23)/b14-8-. The highest BCUT2D eigenvalue weighted by molar-refractivity contribution is 8.07. The second-order valence-electron chi connectivity index (χ2n) is 6.17. The van der Waals surface area contributed by atoms with E-state index in [2.05, 4.69) is 9.97 Å². The van der Waals surface area contributed by atoms with Crippen molar-refractivity contribution >= 4 is 50.0 Å². The molecular weight excluding hydrogens is 386 g/mol. The molecule has 2 N–H and O–H groups in total. The average Bonchev–Trinajstić information content (AvgIpc) is 3.21. The minimum Gasteiger partial charge on any atom is -0.502 e. The van der Waals surface area contributed by atoms with Gasteiger partial charge in [0.25, 0.3) is 5.56 Å². The number of benzene rings is 1. The van der Waals surface area contributed by atoms with E-state index in [4.69, 9.17) is 0 Å². The van der Waals surface area contributed by atoms with E-state index in [0.717, 1.165) is 29.7 Å². The van der Waals surface area contributed by atoms with E-state index in [0.29, 0.717) is 21.7 Å². The molecule has 1 aliphatic rings. The number of fused-ring (bicyclic) bond motifs is 3. The normalized spacial score (nSPS) is 13.9. The Morgan fingerprint density at radius 3 is 3.00 bits per heavy atom. The largest absolute Gasteiger partial charge is 0.502 e. The highest BCUT2D eigenvalue weighted by Gasteiger charge is 2.21. The lowest BCUT2D eigenvalue weighted by Crippen LogP contribution is -2.11. The Labute approximate surface area is 161 Å². The van der Waals surface area contributed by atoms with Crippen LogP contribution in [0.15, 0.2) is 23.0 Å². The van der Waals surface area contributed by atoms with Crippen LogP contribution in [0.3, 0.4) is 0 Å². The van der Waals surface area contributed by atoms with Gasteiger partial charge < -0.3 is 10.1 Å². The number of phenolic OH excluding ortho intramolecular Hbond substituents is 1. The van der Waals surface area contributed by atoms with Crippen molar-refractivity contribution < 1.29 is 10.0 Å². The SMILES string of the molecule is CS/C(=C\c1ccc(O)c([N+](=O)[O-])c1)c1nc2sc3c(c2c(=O)[nH]1)CCC3. The summed E-state index contributed by atoms with van der Waals surface area (Å²) in [6.07, 6.45) is 6.55. The Morgan fingerprint density at radius 2 is 2.26 bits per heavy atom. The van der Waals surface area contributed by atoms with Crippen LogP contribution in [0.4, 0.5) is 5.69 Å². The Morgan fingerprint density at radius 1 is 1.44 bits per heavy atom. The zero-order valence-electron chi connectivity index (χ0n) is 14.3. The predicted octanol–water partition coefficient (Wildman–Crippen LogP) is 3.95. The highest BCUT2D eigenvalue weighted by Crippen LogP contribution is 2.36.